The number of anilines is 3. The van der Waals surface area contributed by atoms with Crippen LogP contribution in [0.1, 0.15) is 18.7 Å². The zero-order valence-corrected chi connectivity index (χ0v) is 13.0. The van der Waals surface area contributed by atoms with E-state index in [1.165, 1.54) is 31.6 Å². The molecule has 0 radical (unpaired) electrons. The van der Waals surface area contributed by atoms with Crippen molar-refractivity contribution in [2.24, 2.45) is 0 Å². The van der Waals surface area contributed by atoms with Crippen LogP contribution in [-0.4, -0.2) is 23.1 Å². The van der Waals surface area contributed by atoms with E-state index in [1.54, 1.807) is 0 Å². The fourth-order valence-corrected chi connectivity index (χ4v) is 2.95. The second kappa shape index (κ2) is 5.79. The van der Waals surface area contributed by atoms with Gasteiger partial charge >= 0.3 is 0 Å². The van der Waals surface area contributed by atoms with Gasteiger partial charge < -0.3 is 10.2 Å². The largest absolute Gasteiger partial charge is 0.372 e. The molecule has 1 aromatic heterocycles. The number of hydrogen-bond donors (Lipinski definition) is 1. The maximum atomic E-state index is 4.37. The number of aromatic nitrogens is 2. The van der Waals surface area contributed by atoms with Gasteiger partial charge in [0.1, 0.15) is 16.2 Å². The monoisotopic (exact) mass is 332 g/mol. The lowest BCUT2D eigenvalue weighted by atomic mass is 10.2. The van der Waals surface area contributed by atoms with Crippen molar-refractivity contribution in [1.29, 1.82) is 0 Å². The van der Waals surface area contributed by atoms with E-state index in [0.29, 0.717) is 0 Å². The van der Waals surface area contributed by atoms with Crippen LogP contribution < -0.4 is 10.2 Å². The molecule has 2 aromatic rings. The third-order valence-corrected chi connectivity index (χ3v) is 3.82. The minimum atomic E-state index is 0.746. The molecular weight excluding hydrogens is 316 g/mol. The number of benzene rings is 1. The zero-order valence-electron chi connectivity index (χ0n) is 11.4. The van der Waals surface area contributed by atoms with Gasteiger partial charge in [-0.3, -0.25) is 0 Å². The molecule has 104 valence electrons. The summed E-state index contributed by atoms with van der Waals surface area (Å²) in [5.41, 5.74) is 2.34. The Morgan fingerprint density at radius 3 is 2.45 bits per heavy atom. The average molecular weight is 333 g/mol. The van der Waals surface area contributed by atoms with Crippen LogP contribution in [0.15, 0.2) is 34.9 Å². The second-order valence-electron chi connectivity index (χ2n) is 4.99. The molecule has 1 N–H and O–H groups in total. The quantitative estimate of drug-likeness (QED) is 0.865. The van der Waals surface area contributed by atoms with Crippen LogP contribution in [0.25, 0.3) is 0 Å². The molecule has 1 aliphatic rings. The van der Waals surface area contributed by atoms with Crippen LogP contribution in [-0.2, 0) is 0 Å². The van der Waals surface area contributed by atoms with Crippen molar-refractivity contribution in [3.63, 3.8) is 0 Å². The van der Waals surface area contributed by atoms with E-state index >= 15 is 0 Å². The predicted octanol–water partition coefficient (Wildman–Crippen LogP) is 3.89. The van der Waals surface area contributed by atoms with E-state index in [-0.39, 0.29) is 0 Å². The Balaban J connectivity index is 1.74. The van der Waals surface area contributed by atoms with Gasteiger partial charge in [-0.25, -0.2) is 9.97 Å². The molecular formula is C15H17BrN4. The summed E-state index contributed by atoms with van der Waals surface area (Å²) in [5, 5.41) is 3.30. The molecule has 0 amide bonds. The van der Waals surface area contributed by atoms with Crippen molar-refractivity contribution < 1.29 is 0 Å². The Bertz CT molecular complexity index is 571. The molecule has 0 unspecified atom stereocenters. The van der Waals surface area contributed by atoms with Gasteiger partial charge in [-0.2, -0.15) is 0 Å². The van der Waals surface area contributed by atoms with Gasteiger partial charge in [0, 0.05) is 30.5 Å². The van der Waals surface area contributed by atoms with Crippen molar-refractivity contribution in [3.8, 4) is 0 Å². The van der Waals surface area contributed by atoms with Crippen LogP contribution in [0, 0.1) is 6.92 Å². The minimum absolute atomic E-state index is 0.746. The SMILES string of the molecule is Cc1nc(Br)cc(Nc2ccc(N3CCCC3)cc2)n1. The van der Waals surface area contributed by atoms with Crippen LogP contribution in [0.5, 0.6) is 0 Å². The topological polar surface area (TPSA) is 41.1 Å². The number of hydrogen-bond acceptors (Lipinski definition) is 4. The van der Waals surface area contributed by atoms with E-state index in [2.05, 4.69) is 60.4 Å². The fraction of sp³-hybridized carbons (Fsp3) is 0.333. The number of rotatable bonds is 3. The smallest absolute Gasteiger partial charge is 0.135 e. The highest BCUT2D eigenvalue weighted by atomic mass is 79.9. The Labute approximate surface area is 127 Å². The van der Waals surface area contributed by atoms with Gasteiger partial charge in [0.2, 0.25) is 0 Å². The molecule has 4 nitrogen and oxygen atoms in total. The van der Waals surface area contributed by atoms with Gasteiger partial charge in [0.15, 0.2) is 0 Å². The molecule has 3 rings (SSSR count). The first-order chi connectivity index (χ1) is 9.70. The summed E-state index contributed by atoms with van der Waals surface area (Å²) >= 11 is 3.38. The molecule has 0 bridgehead atoms. The maximum Gasteiger partial charge on any atom is 0.135 e. The number of aryl methyl sites for hydroxylation is 1. The highest BCUT2D eigenvalue weighted by Gasteiger charge is 2.11. The first-order valence-corrected chi connectivity index (χ1v) is 7.63. The lowest BCUT2D eigenvalue weighted by Crippen LogP contribution is -2.17. The van der Waals surface area contributed by atoms with Gasteiger partial charge in [0.05, 0.1) is 0 Å². The third kappa shape index (κ3) is 3.10. The van der Waals surface area contributed by atoms with Crippen molar-refractivity contribution in [3.05, 3.63) is 40.8 Å². The normalized spacial score (nSPS) is 14.6. The Kier molecular flexibility index (Phi) is 3.87. The molecule has 1 aromatic carbocycles. The lowest BCUT2D eigenvalue weighted by Gasteiger charge is -2.17. The molecule has 5 heteroatoms. The number of halogens is 1. The number of nitrogens with zero attached hydrogens (tertiary/aromatic N) is 3. The van der Waals surface area contributed by atoms with Crippen LogP contribution in [0.2, 0.25) is 0 Å². The Morgan fingerprint density at radius 2 is 1.80 bits per heavy atom. The molecule has 2 heterocycles. The van der Waals surface area contributed by atoms with E-state index < -0.39 is 0 Å². The van der Waals surface area contributed by atoms with E-state index in [9.17, 15) is 0 Å². The Morgan fingerprint density at radius 1 is 1.10 bits per heavy atom. The van der Waals surface area contributed by atoms with Crippen LogP contribution in [0.3, 0.4) is 0 Å². The van der Waals surface area contributed by atoms with Gasteiger partial charge in [-0.1, -0.05) is 0 Å². The van der Waals surface area contributed by atoms with Gasteiger partial charge in [-0.15, -0.1) is 0 Å². The first kappa shape index (κ1) is 13.4. The van der Waals surface area contributed by atoms with Crippen molar-refractivity contribution in [2.45, 2.75) is 19.8 Å². The molecule has 0 aliphatic carbocycles. The summed E-state index contributed by atoms with van der Waals surface area (Å²) in [6.07, 6.45) is 2.60. The minimum Gasteiger partial charge on any atom is -0.372 e. The summed E-state index contributed by atoms with van der Waals surface area (Å²) in [4.78, 5) is 11.0. The third-order valence-electron chi connectivity index (χ3n) is 3.42. The molecule has 20 heavy (non-hydrogen) atoms. The lowest BCUT2D eigenvalue weighted by molar-refractivity contribution is 0.949. The van der Waals surface area contributed by atoms with Crippen molar-refractivity contribution >= 4 is 33.1 Å². The first-order valence-electron chi connectivity index (χ1n) is 6.84. The fourth-order valence-electron chi connectivity index (χ4n) is 2.47. The summed E-state index contributed by atoms with van der Waals surface area (Å²) in [7, 11) is 0. The predicted molar refractivity (Wildman–Crippen MR) is 85.6 cm³/mol. The van der Waals surface area contributed by atoms with E-state index in [1.807, 2.05) is 13.0 Å². The van der Waals surface area contributed by atoms with Crippen LogP contribution >= 0.6 is 15.9 Å². The summed E-state index contributed by atoms with van der Waals surface area (Å²) in [6, 6.07) is 10.4. The van der Waals surface area contributed by atoms with Crippen LogP contribution in [0.4, 0.5) is 17.2 Å². The Hall–Kier alpha value is -1.62. The molecule has 1 aliphatic heterocycles. The van der Waals surface area contributed by atoms with Gasteiger partial charge in [0.25, 0.3) is 0 Å². The molecule has 0 spiro atoms. The highest BCUT2D eigenvalue weighted by molar-refractivity contribution is 9.10. The number of nitrogens with one attached hydrogen (secondary N) is 1. The second-order valence-corrected chi connectivity index (χ2v) is 5.80. The summed E-state index contributed by atoms with van der Waals surface area (Å²) in [5.74, 6) is 1.55. The molecule has 1 saturated heterocycles. The maximum absolute atomic E-state index is 4.37. The van der Waals surface area contributed by atoms with E-state index in [4.69, 9.17) is 0 Å². The summed E-state index contributed by atoms with van der Waals surface area (Å²) < 4.78 is 0.793. The van der Waals surface area contributed by atoms with Crippen molar-refractivity contribution in [2.75, 3.05) is 23.3 Å². The van der Waals surface area contributed by atoms with Crippen molar-refractivity contribution in [1.82, 2.24) is 9.97 Å². The molecule has 0 atom stereocenters. The molecule has 0 saturated carbocycles. The highest BCUT2D eigenvalue weighted by Crippen LogP contribution is 2.24. The summed E-state index contributed by atoms with van der Waals surface area (Å²) in [6.45, 7) is 4.22. The average Bonchev–Trinajstić information content (AvgIpc) is 2.92. The standard InChI is InChI=1S/C15H17BrN4/c1-11-17-14(16)10-15(18-11)19-12-4-6-13(7-5-12)20-8-2-3-9-20/h4-7,10H,2-3,8-9H2,1H3,(H,17,18,19). The van der Waals surface area contributed by atoms with E-state index in [0.717, 1.165) is 21.9 Å². The zero-order chi connectivity index (χ0) is 13.9. The molecule has 1 fully saturated rings. The van der Waals surface area contributed by atoms with Gasteiger partial charge in [-0.05, 0) is 60.0 Å².